The Morgan fingerprint density at radius 3 is 2.95 bits per heavy atom. The first-order valence-corrected chi connectivity index (χ1v) is 6.67. The molecule has 2 amide bonds. The highest BCUT2D eigenvalue weighted by molar-refractivity contribution is 5.89. The number of rotatable bonds is 1. The van der Waals surface area contributed by atoms with E-state index in [1.54, 1.807) is 16.8 Å². The van der Waals surface area contributed by atoms with Crippen LogP contribution in [0.15, 0.2) is 24.3 Å². The Balaban J connectivity index is 1.69. The summed E-state index contributed by atoms with van der Waals surface area (Å²) in [5, 5.41) is 3.18. The standard InChI is InChI=1S/C14H17N3O3/c1-16-6-7-17(9-13(16)18)14(19)12-8-15-10-4-2-3-5-11(10)20-12/h2-5,12,15H,6-9H2,1H3. The number of carbonyl (C=O) groups is 2. The third-order valence-corrected chi connectivity index (χ3v) is 3.68. The Bertz CT molecular complexity index is 546. The average molecular weight is 275 g/mol. The van der Waals surface area contributed by atoms with E-state index < -0.39 is 6.10 Å². The average Bonchev–Trinajstić information content (AvgIpc) is 2.49. The molecule has 1 fully saturated rings. The summed E-state index contributed by atoms with van der Waals surface area (Å²) in [5.41, 5.74) is 0.894. The predicted octanol–water partition coefficient (Wildman–Crippen LogP) is 0.160. The maximum absolute atomic E-state index is 12.4. The molecule has 0 aliphatic carbocycles. The molecule has 2 aliphatic heterocycles. The molecule has 0 aromatic heterocycles. The van der Waals surface area contributed by atoms with E-state index in [2.05, 4.69) is 5.32 Å². The van der Waals surface area contributed by atoms with Crippen molar-refractivity contribution in [3.05, 3.63) is 24.3 Å². The van der Waals surface area contributed by atoms with E-state index in [4.69, 9.17) is 4.74 Å². The molecule has 0 bridgehead atoms. The Labute approximate surface area is 117 Å². The van der Waals surface area contributed by atoms with Crippen LogP contribution < -0.4 is 10.1 Å². The van der Waals surface area contributed by atoms with Crippen LogP contribution in [-0.4, -0.2) is 60.9 Å². The number of piperazine rings is 1. The molecule has 0 saturated carbocycles. The van der Waals surface area contributed by atoms with Crippen LogP contribution in [0.2, 0.25) is 0 Å². The van der Waals surface area contributed by atoms with Gasteiger partial charge in [-0.2, -0.15) is 0 Å². The van der Waals surface area contributed by atoms with Gasteiger partial charge >= 0.3 is 0 Å². The van der Waals surface area contributed by atoms with Crippen molar-refractivity contribution in [1.82, 2.24) is 9.80 Å². The molecule has 106 valence electrons. The molecule has 0 radical (unpaired) electrons. The Kier molecular flexibility index (Phi) is 3.22. The minimum atomic E-state index is -0.568. The quantitative estimate of drug-likeness (QED) is 0.793. The van der Waals surface area contributed by atoms with Crippen molar-refractivity contribution >= 4 is 17.5 Å². The van der Waals surface area contributed by atoms with Gasteiger partial charge in [0.25, 0.3) is 5.91 Å². The van der Waals surface area contributed by atoms with E-state index >= 15 is 0 Å². The zero-order valence-corrected chi connectivity index (χ0v) is 11.3. The molecule has 20 heavy (non-hydrogen) atoms. The summed E-state index contributed by atoms with van der Waals surface area (Å²) >= 11 is 0. The fraction of sp³-hybridized carbons (Fsp3) is 0.429. The van der Waals surface area contributed by atoms with Crippen LogP contribution in [0.3, 0.4) is 0 Å². The minimum Gasteiger partial charge on any atom is -0.477 e. The minimum absolute atomic E-state index is 0.0335. The van der Waals surface area contributed by atoms with Crippen molar-refractivity contribution in [3.63, 3.8) is 0 Å². The normalized spacial score (nSPS) is 21.9. The topological polar surface area (TPSA) is 61.9 Å². The highest BCUT2D eigenvalue weighted by Gasteiger charge is 2.33. The Morgan fingerprint density at radius 1 is 1.35 bits per heavy atom. The van der Waals surface area contributed by atoms with Gasteiger partial charge in [0, 0.05) is 20.1 Å². The lowest BCUT2D eigenvalue weighted by molar-refractivity contribution is -0.148. The first kappa shape index (κ1) is 12.8. The number of hydrogen-bond acceptors (Lipinski definition) is 4. The number of nitrogens with zero attached hydrogens (tertiary/aromatic N) is 2. The highest BCUT2D eigenvalue weighted by atomic mass is 16.5. The molecule has 2 heterocycles. The monoisotopic (exact) mass is 275 g/mol. The molecular weight excluding hydrogens is 258 g/mol. The summed E-state index contributed by atoms with van der Waals surface area (Å²) in [6.45, 7) is 1.69. The van der Waals surface area contributed by atoms with Gasteiger partial charge in [-0.1, -0.05) is 12.1 Å². The molecule has 2 aliphatic rings. The van der Waals surface area contributed by atoms with Crippen LogP contribution in [0.25, 0.3) is 0 Å². The van der Waals surface area contributed by atoms with E-state index in [9.17, 15) is 9.59 Å². The summed E-state index contributed by atoms with van der Waals surface area (Å²) in [6, 6.07) is 7.52. The first-order chi connectivity index (χ1) is 9.65. The second-order valence-corrected chi connectivity index (χ2v) is 5.06. The van der Waals surface area contributed by atoms with Crippen molar-refractivity contribution in [1.29, 1.82) is 0 Å². The van der Waals surface area contributed by atoms with E-state index in [-0.39, 0.29) is 18.4 Å². The summed E-state index contributed by atoms with van der Waals surface area (Å²) in [7, 11) is 1.75. The van der Waals surface area contributed by atoms with Gasteiger partial charge in [-0.05, 0) is 12.1 Å². The second-order valence-electron chi connectivity index (χ2n) is 5.06. The van der Waals surface area contributed by atoms with Gasteiger partial charge in [0.1, 0.15) is 5.75 Å². The third kappa shape index (κ3) is 2.29. The third-order valence-electron chi connectivity index (χ3n) is 3.68. The second kappa shape index (κ2) is 5.03. The van der Waals surface area contributed by atoms with Gasteiger partial charge in [0.05, 0.1) is 18.8 Å². The molecule has 1 aromatic rings. The number of carbonyl (C=O) groups excluding carboxylic acids is 2. The number of amides is 2. The largest absolute Gasteiger partial charge is 0.477 e. The number of nitrogens with one attached hydrogen (secondary N) is 1. The predicted molar refractivity (Wildman–Crippen MR) is 73.6 cm³/mol. The molecule has 6 nitrogen and oxygen atoms in total. The summed E-state index contributed by atoms with van der Waals surface area (Å²) in [5.74, 6) is 0.514. The fourth-order valence-corrected chi connectivity index (χ4v) is 2.40. The molecule has 1 saturated heterocycles. The van der Waals surface area contributed by atoms with E-state index in [1.165, 1.54) is 0 Å². The molecule has 3 rings (SSSR count). The van der Waals surface area contributed by atoms with Gasteiger partial charge in [0.15, 0.2) is 6.10 Å². The maximum atomic E-state index is 12.4. The number of para-hydroxylation sites is 2. The summed E-state index contributed by atoms with van der Waals surface area (Å²) in [4.78, 5) is 27.3. The number of likely N-dealkylation sites (N-methyl/N-ethyl adjacent to an activating group) is 1. The van der Waals surface area contributed by atoms with Crippen LogP contribution >= 0.6 is 0 Å². The van der Waals surface area contributed by atoms with E-state index in [1.807, 2.05) is 24.3 Å². The number of fused-ring (bicyclic) bond motifs is 1. The summed E-state index contributed by atoms with van der Waals surface area (Å²) in [6.07, 6.45) is -0.568. The SMILES string of the molecule is CN1CCN(C(=O)C2CNc3ccccc3O2)CC1=O. The number of hydrogen-bond donors (Lipinski definition) is 1. The van der Waals surface area contributed by atoms with Gasteiger partial charge in [-0.3, -0.25) is 9.59 Å². The smallest absolute Gasteiger partial charge is 0.266 e. The lowest BCUT2D eigenvalue weighted by Gasteiger charge is -2.35. The Morgan fingerprint density at radius 2 is 2.15 bits per heavy atom. The lowest BCUT2D eigenvalue weighted by atomic mass is 10.2. The maximum Gasteiger partial charge on any atom is 0.266 e. The van der Waals surface area contributed by atoms with E-state index in [0.717, 1.165) is 5.69 Å². The zero-order chi connectivity index (χ0) is 14.1. The molecular formula is C14H17N3O3. The van der Waals surface area contributed by atoms with Crippen molar-refractivity contribution in [2.24, 2.45) is 0 Å². The number of benzene rings is 1. The van der Waals surface area contributed by atoms with Gasteiger partial charge < -0.3 is 19.9 Å². The molecule has 1 unspecified atom stereocenters. The van der Waals surface area contributed by atoms with Crippen LogP contribution in [0.1, 0.15) is 0 Å². The number of anilines is 1. The van der Waals surface area contributed by atoms with Gasteiger partial charge in [0.2, 0.25) is 5.91 Å². The highest BCUT2D eigenvalue weighted by Crippen LogP contribution is 2.28. The molecule has 6 heteroatoms. The molecule has 1 N–H and O–H groups in total. The Hall–Kier alpha value is -2.24. The van der Waals surface area contributed by atoms with Crippen LogP contribution in [0.5, 0.6) is 5.75 Å². The van der Waals surface area contributed by atoms with Crippen molar-refractivity contribution in [3.8, 4) is 5.75 Å². The zero-order valence-electron chi connectivity index (χ0n) is 11.3. The lowest BCUT2D eigenvalue weighted by Crippen LogP contribution is -2.55. The van der Waals surface area contributed by atoms with Crippen molar-refractivity contribution in [2.75, 3.05) is 38.5 Å². The van der Waals surface area contributed by atoms with E-state index in [0.29, 0.717) is 25.4 Å². The van der Waals surface area contributed by atoms with Crippen molar-refractivity contribution < 1.29 is 14.3 Å². The first-order valence-electron chi connectivity index (χ1n) is 6.67. The molecule has 1 aromatic carbocycles. The fourth-order valence-electron chi connectivity index (χ4n) is 2.40. The number of ether oxygens (including phenoxy) is 1. The molecule has 0 spiro atoms. The van der Waals surface area contributed by atoms with Gasteiger partial charge in [-0.25, -0.2) is 0 Å². The molecule has 1 atom stereocenters. The van der Waals surface area contributed by atoms with Crippen LogP contribution in [0, 0.1) is 0 Å². The van der Waals surface area contributed by atoms with Crippen molar-refractivity contribution in [2.45, 2.75) is 6.10 Å². The van der Waals surface area contributed by atoms with Crippen LogP contribution in [-0.2, 0) is 9.59 Å². The summed E-state index contributed by atoms with van der Waals surface area (Å²) < 4.78 is 5.73. The van der Waals surface area contributed by atoms with Crippen LogP contribution in [0.4, 0.5) is 5.69 Å². The van der Waals surface area contributed by atoms with Gasteiger partial charge in [-0.15, -0.1) is 0 Å².